The first-order valence-corrected chi connectivity index (χ1v) is 7.87. The van der Waals surface area contributed by atoms with Crippen LogP contribution in [0.1, 0.15) is 68.7 Å². The molecule has 0 N–H and O–H groups in total. The molecule has 0 bridgehead atoms. The highest BCUT2D eigenvalue weighted by molar-refractivity contribution is 5.46. The summed E-state index contributed by atoms with van der Waals surface area (Å²) in [7, 11) is 0. The summed E-state index contributed by atoms with van der Waals surface area (Å²) in [6.07, 6.45) is 4.07. The van der Waals surface area contributed by atoms with Crippen LogP contribution in [-0.4, -0.2) is 18.0 Å². The molecule has 1 heterocycles. The molecule has 1 aliphatic carbocycles. The van der Waals surface area contributed by atoms with Crippen molar-refractivity contribution in [3.05, 3.63) is 34.4 Å². The Kier molecular flexibility index (Phi) is 3.21. The van der Waals surface area contributed by atoms with Gasteiger partial charge in [0.25, 0.3) is 0 Å². The molecule has 1 aromatic carbocycles. The second kappa shape index (κ2) is 4.63. The van der Waals surface area contributed by atoms with E-state index in [2.05, 4.69) is 44.7 Å². The quantitative estimate of drug-likeness (QED) is 0.727. The minimum absolute atomic E-state index is 0.271. The Labute approximate surface area is 118 Å². The van der Waals surface area contributed by atoms with E-state index in [1.54, 1.807) is 16.7 Å². The minimum Gasteiger partial charge on any atom is -0.299 e. The van der Waals surface area contributed by atoms with Crippen LogP contribution in [0.2, 0.25) is 0 Å². The number of nitrogens with zero attached hydrogens (tertiary/aromatic N) is 1. The lowest BCUT2D eigenvalue weighted by Crippen LogP contribution is -2.36. The average Bonchev–Trinajstić information content (AvgIpc) is 2.37. The van der Waals surface area contributed by atoms with Crippen molar-refractivity contribution in [1.82, 2.24) is 4.90 Å². The summed E-state index contributed by atoms with van der Waals surface area (Å²) in [6, 6.07) is 5.01. The number of hydrogen-bond acceptors (Lipinski definition) is 1. The normalized spacial score (nSPS) is 23.3. The fourth-order valence-corrected chi connectivity index (χ4v) is 3.80. The average molecular weight is 257 g/mol. The number of rotatable bonds is 1. The van der Waals surface area contributed by atoms with Crippen molar-refractivity contribution in [3.8, 4) is 0 Å². The molecule has 1 aromatic rings. The third-order valence-electron chi connectivity index (χ3n) is 4.94. The fourth-order valence-electron chi connectivity index (χ4n) is 3.80. The number of aryl methyl sites for hydroxylation is 1. The first kappa shape index (κ1) is 13.2. The topological polar surface area (TPSA) is 3.24 Å². The molecule has 1 heteroatoms. The van der Waals surface area contributed by atoms with Gasteiger partial charge >= 0.3 is 0 Å². The van der Waals surface area contributed by atoms with Gasteiger partial charge in [-0.15, -0.1) is 0 Å². The molecule has 0 spiro atoms. The van der Waals surface area contributed by atoms with Crippen molar-refractivity contribution in [1.29, 1.82) is 0 Å². The molecule has 2 aliphatic rings. The van der Waals surface area contributed by atoms with Crippen molar-refractivity contribution < 1.29 is 0 Å². The van der Waals surface area contributed by atoms with Crippen LogP contribution >= 0.6 is 0 Å². The number of hydrogen-bond donors (Lipinski definition) is 0. The standard InChI is InChI=1S/C18H27N/c1-5-19-11-14-8-6-7-13-9-16(18(2,3)4)10-15(12-19)17(13)14/h9-10,14H,5-8,11-12H2,1-4H3. The van der Waals surface area contributed by atoms with Gasteiger partial charge in [0.1, 0.15) is 0 Å². The zero-order valence-electron chi connectivity index (χ0n) is 12.9. The van der Waals surface area contributed by atoms with Gasteiger partial charge in [-0.05, 0) is 59.4 Å². The predicted molar refractivity (Wildman–Crippen MR) is 81.8 cm³/mol. The molecule has 0 amide bonds. The Balaban J connectivity index is 2.10. The fraction of sp³-hybridized carbons (Fsp3) is 0.667. The van der Waals surface area contributed by atoms with Gasteiger partial charge in [0.2, 0.25) is 0 Å². The molecule has 1 aliphatic heterocycles. The molecule has 3 rings (SSSR count). The van der Waals surface area contributed by atoms with E-state index in [9.17, 15) is 0 Å². The van der Waals surface area contributed by atoms with Gasteiger partial charge < -0.3 is 0 Å². The highest BCUT2D eigenvalue weighted by Crippen LogP contribution is 2.40. The molecular formula is C18H27N. The molecule has 19 heavy (non-hydrogen) atoms. The maximum Gasteiger partial charge on any atom is 0.0236 e. The third-order valence-corrected chi connectivity index (χ3v) is 4.94. The first-order valence-electron chi connectivity index (χ1n) is 7.87. The highest BCUT2D eigenvalue weighted by atomic mass is 15.1. The molecule has 0 saturated carbocycles. The molecule has 0 aromatic heterocycles. The summed E-state index contributed by atoms with van der Waals surface area (Å²) < 4.78 is 0. The van der Waals surface area contributed by atoms with Crippen LogP contribution < -0.4 is 0 Å². The largest absolute Gasteiger partial charge is 0.299 e. The van der Waals surface area contributed by atoms with E-state index in [1.807, 2.05) is 0 Å². The van der Waals surface area contributed by atoms with E-state index < -0.39 is 0 Å². The summed E-state index contributed by atoms with van der Waals surface area (Å²) in [5, 5.41) is 0. The summed E-state index contributed by atoms with van der Waals surface area (Å²) in [4.78, 5) is 2.62. The SMILES string of the molecule is CCN1Cc2cc(C(C)(C)C)cc3c2C(CCC3)C1. The monoisotopic (exact) mass is 257 g/mol. The number of benzene rings is 1. The van der Waals surface area contributed by atoms with Gasteiger partial charge in [-0.2, -0.15) is 0 Å². The van der Waals surface area contributed by atoms with Crippen LogP contribution in [0.15, 0.2) is 12.1 Å². The summed E-state index contributed by atoms with van der Waals surface area (Å²) >= 11 is 0. The van der Waals surface area contributed by atoms with Crippen LogP contribution in [-0.2, 0) is 18.4 Å². The Morgan fingerprint density at radius 1 is 1.21 bits per heavy atom. The smallest absolute Gasteiger partial charge is 0.0236 e. The van der Waals surface area contributed by atoms with E-state index in [0.29, 0.717) is 0 Å². The lowest BCUT2D eigenvalue weighted by atomic mass is 9.74. The Morgan fingerprint density at radius 2 is 1.95 bits per heavy atom. The second-order valence-corrected chi connectivity index (χ2v) is 7.38. The molecule has 104 valence electrons. The van der Waals surface area contributed by atoms with Crippen LogP contribution in [0.25, 0.3) is 0 Å². The van der Waals surface area contributed by atoms with Crippen LogP contribution in [0, 0.1) is 0 Å². The van der Waals surface area contributed by atoms with Crippen LogP contribution in [0.4, 0.5) is 0 Å². The molecule has 0 fully saturated rings. The van der Waals surface area contributed by atoms with E-state index in [0.717, 1.165) is 5.92 Å². The van der Waals surface area contributed by atoms with Gasteiger partial charge in [0.05, 0.1) is 0 Å². The van der Waals surface area contributed by atoms with Crippen molar-refractivity contribution in [2.24, 2.45) is 0 Å². The van der Waals surface area contributed by atoms with Crippen LogP contribution in [0.5, 0.6) is 0 Å². The lowest BCUT2D eigenvalue weighted by molar-refractivity contribution is 0.230. The van der Waals surface area contributed by atoms with Crippen molar-refractivity contribution >= 4 is 0 Å². The summed E-state index contributed by atoms with van der Waals surface area (Å²) in [5.74, 6) is 0.807. The molecule has 0 radical (unpaired) electrons. The van der Waals surface area contributed by atoms with Crippen molar-refractivity contribution in [2.75, 3.05) is 13.1 Å². The molecular weight excluding hydrogens is 230 g/mol. The Hall–Kier alpha value is -0.820. The maximum atomic E-state index is 2.62. The van der Waals surface area contributed by atoms with Crippen molar-refractivity contribution in [3.63, 3.8) is 0 Å². The van der Waals surface area contributed by atoms with Crippen LogP contribution in [0.3, 0.4) is 0 Å². The maximum absolute atomic E-state index is 2.62. The molecule has 1 atom stereocenters. The van der Waals surface area contributed by atoms with Gasteiger partial charge in [-0.25, -0.2) is 0 Å². The zero-order chi connectivity index (χ0) is 13.6. The molecule has 1 nitrogen and oxygen atoms in total. The Bertz CT molecular complexity index is 481. The third kappa shape index (κ3) is 2.33. The highest BCUT2D eigenvalue weighted by Gasteiger charge is 2.30. The zero-order valence-corrected chi connectivity index (χ0v) is 12.9. The van der Waals surface area contributed by atoms with Gasteiger partial charge in [0, 0.05) is 13.1 Å². The first-order chi connectivity index (χ1) is 8.99. The lowest BCUT2D eigenvalue weighted by Gasteiger charge is -2.39. The number of likely N-dealkylation sites (N-methyl/N-ethyl adjacent to an activating group) is 1. The van der Waals surface area contributed by atoms with Crippen molar-refractivity contribution in [2.45, 2.75) is 64.8 Å². The predicted octanol–water partition coefficient (Wildman–Crippen LogP) is 4.24. The Morgan fingerprint density at radius 3 is 2.63 bits per heavy atom. The van der Waals surface area contributed by atoms with Gasteiger partial charge in [-0.1, -0.05) is 39.8 Å². The molecule has 1 unspecified atom stereocenters. The van der Waals surface area contributed by atoms with E-state index in [-0.39, 0.29) is 5.41 Å². The summed E-state index contributed by atoms with van der Waals surface area (Å²) in [5.41, 5.74) is 6.81. The minimum atomic E-state index is 0.271. The van der Waals surface area contributed by atoms with Gasteiger partial charge in [-0.3, -0.25) is 4.90 Å². The van der Waals surface area contributed by atoms with E-state index >= 15 is 0 Å². The van der Waals surface area contributed by atoms with Gasteiger partial charge in [0.15, 0.2) is 0 Å². The van der Waals surface area contributed by atoms with E-state index in [1.165, 1.54) is 44.5 Å². The molecule has 0 saturated heterocycles. The van der Waals surface area contributed by atoms with E-state index in [4.69, 9.17) is 0 Å². The summed E-state index contributed by atoms with van der Waals surface area (Å²) in [6.45, 7) is 12.9. The second-order valence-electron chi connectivity index (χ2n) is 7.38.